The van der Waals surface area contributed by atoms with Crippen molar-refractivity contribution < 1.29 is 18.8 Å². The predicted molar refractivity (Wildman–Crippen MR) is 144 cm³/mol. The van der Waals surface area contributed by atoms with Crippen LogP contribution in [0, 0.1) is 6.92 Å². The Morgan fingerprint density at radius 1 is 1.15 bits per heavy atom. The summed E-state index contributed by atoms with van der Waals surface area (Å²) in [6.45, 7) is 2.50. The first-order chi connectivity index (χ1) is 18.6. The first-order valence-electron chi connectivity index (χ1n) is 12.1. The number of aromatic nitrogens is 5. The Morgan fingerprint density at radius 2 is 1.90 bits per heavy atom. The van der Waals surface area contributed by atoms with Gasteiger partial charge in [0.05, 0.1) is 18.1 Å². The second kappa shape index (κ2) is 10.6. The van der Waals surface area contributed by atoms with Crippen molar-refractivity contribution in [2.75, 3.05) is 11.9 Å². The monoisotopic (exact) mass is 594 g/mol. The highest BCUT2D eigenvalue weighted by molar-refractivity contribution is 9.10. The van der Waals surface area contributed by atoms with Crippen molar-refractivity contribution in [3.63, 3.8) is 0 Å². The Kier molecular flexibility index (Phi) is 7.19. The van der Waals surface area contributed by atoms with Crippen LogP contribution in [0.2, 0.25) is 0 Å². The molecular weight excluding hydrogens is 571 g/mol. The van der Waals surface area contributed by atoms with E-state index in [2.05, 4.69) is 41.3 Å². The van der Waals surface area contributed by atoms with Gasteiger partial charge >= 0.3 is 0 Å². The molecule has 11 nitrogen and oxygen atoms in total. The van der Waals surface area contributed by atoms with Crippen LogP contribution in [0.15, 0.2) is 53.4 Å². The number of carbonyl (C=O) groups excluding carboxylic acids is 3. The number of nitrogens with one attached hydrogen (secondary N) is 1. The number of fused-ring (bicyclic) bond motifs is 1. The predicted octanol–water partition coefficient (Wildman–Crippen LogP) is 2.68. The van der Waals surface area contributed by atoms with Crippen LogP contribution in [0.1, 0.15) is 23.2 Å². The lowest BCUT2D eigenvalue weighted by molar-refractivity contribution is -0.137. The fourth-order valence-electron chi connectivity index (χ4n) is 4.58. The van der Waals surface area contributed by atoms with Crippen molar-refractivity contribution in [3.05, 3.63) is 64.9 Å². The Labute approximate surface area is 230 Å². The average molecular weight is 595 g/mol. The van der Waals surface area contributed by atoms with E-state index >= 15 is 0 Å². The molecule has 0 aliphatic carbocycles. The van der Waals surface area contributed by atoms with Crippen molar-refractivity contribution in [2.24, 2.45) is 5.73 Å². The summed E-state index contributed by atoms with van der Waals surface area (Å²) in [6, 6.07) is 7.80. The summed E-state index contributed by atoms with van der Waals surface area (Å²) in [5.41, 5.74) is 8.26. The minimum atomic E-state index is -1.60. The molecule has 1 saturated heterocycles. The summed E-state index contributed by atoms with van der Waals surface area (Å²) in [5, 5.41) is 7.53. The lowest BCUT2D eigenvalue weighted by Gasteiger charge is -2.25. The summed E-state index contributed by atoms with van der Waals surface area (Å²) in [5.74, 6) is -0.637. The largest absolute Gasteiger partial charge is 0.324 e. The Morgan fingerprint density at radius 3 is 2.59 bits per heavy atom. The number of benzene rings is 1. The highest BCUT2D eigenvalue weighted by Crippen LogP contribution is 2.28. The zero-order valence-corrected chi connectivity index (χ0v) is 22.6. The summed E-state index contributed by atoms with van der Waals surface area (Å²) in [4.78, 5) is 52.6. The minimum absolute atomic E-state index is 0.184. The van der Waals surface area contributed by atoms with E-state index in [0.29, 0.717) is 21.3 Å². The molecule has 3 N–H and O–H groups in total. The standard InChI is InChI=1S/C26H24BrFN8O3/c1-13(37)24-17-8-15(16-9-30-14(2)31-10-16)6-7-19(17)36(34-24)12-22(38)35-11-18(28)23(29)25(35)26(39)33-21-5-3-4-20(27)32-21/h3-10,18,23,25H,11-12,29H2,1-2H3,(H,32,33,39)/t18-,23+,25-/m0/s1. The van der Waals surface area contributed by atoms with Crippen LogP contribution in [0.3, 0.4) is 0 Å². The number of alkyl halides is 1. The normalized spacial score (nSPS) is 18.9. The molecule has 1 aromatic carbocycles. The van der Waals surface area contributed by atoms with Gasteiger partial charge in [0.1, 0.15) is 40.7 Å². The van der Waals surface area contributed by atoms with E-state index in [-0.39, 0.29) is 30.4 Å². The second-order valence-corrected chi connectivity index (χ2v) is 10.0. The second-order valence-electron chi connectivity index (χ2n) is 9.23. The van der Waals surface area contributed by atoms with E-state index in [0.717, 1.165) is 16.0 Å². The van der Waals surface area contributed by atoms with Crippen LogP contribution in [0.25, 0.3) is 22.0 Å². The smallest absolute Gasteiger partial charge is 0.250 e. The van der Waals surface area contributed by atoms with E-state index in [1.165, 1.54) is 11.6 Å². The van der Waals surface area contributed by atoms with Crippen LogP contribution in [-0.2, 0) is 16.1 Å². The fourth-order valence-corrected chi connectivity index (χ4v) is 4.92. The van der Waals surface area contributed by atoms with Crippen molar-refractivity contribution in [2.45, 2.75) is 38.6 Å². The molecule has 200 valence electrons. The maximum absolute atomic E-state index is 14.7. The topological polar surface area (TPSA) is 149 Å². The number of likely N-dealkylation sites (tertiary alicyclic amines) is 1. The van der Waals surface area contributed by atoms with Gasteiger partial charge in [-0.25, -0.2) is 19.3 Å². The number of amides is 2. The Hall–Kier alpha value is -4.10. The van der Waals surface area contributed by atoms with Crippen LogP contribution < -0.4 is 11.1 Å². The molecule has 1 aliphatic heterocycles. The lowest BCUT2D eigenvalue weighted by atomic mass is 10.0. The van der Waals surface area contributed by atoms with Gasteiger partial charge in [0, 0.05) is 30.3 Å². The summed E-state index contributed by atoms with van der Waals surface area (Å²) in [6.07, 6.45) is 1.77. The minimum Gasteiger partial charge on any atom is -0.324 e. The van der Waals surface area contributed by atoms with E-state index in [1.807, 2.05) is 6.07 Å². The van der Waals surface area contributed by atoms with Crippen molar-refractivity contribution in [3.8, 4) is 11.1 Å². The van der Waals surface area contributed by atoms with Gasteiger partial charge in [-0.2, -0.15) is 5.10 Å². The molecule has 0 saturated carbocycles. The Bertz CT molecular complexity index is 1590. The number of hydrogen-bond donors (Lipinski definition) is 2. The molecule has 0 spiro atoms. The number of aryl methyl sites for hydroxylation is 1. The number of pyridine rings is 1. The summed E-state index contributed by atoms with van der Waals surface area (Å²) in [7, 11) is 0. The molecule has 0 bridgehead atoms. The molecule has 0 radical (unpaired) electrons. The zero-order chi connectivity index (χ0) is 27.8. The molecule has 3 atom stereocenters. The molecule has 2 amide bonds. The molecule has 4 aromatic rings. The summed E-state index contributed by atoms with van der Waals surface area (Å²) >= 11 is 3.23. The molecule has 4 heterocycles. The van der Waals surface area contributed by atoms with Crippen molar-refractivity contribution in [1.29, 1.82) is 0 Å². The van der Waals surface area contributed by atoms with E-state index in [4.69, 9.17) is 5.73 Å². The first kappa shape index (κ1) is 26.5. The maximum atomic E-state index is 14.7. The van der Waals surface area contributed by atoms with Crippen LogP contribution in [0.4, 0.5) is 10.2 Å². The molecule has 39 heavy (non-hydrogen) atoms. The number of rotatable bonds is 6. The molecule has 13 heteroatoms. The van der Waals surface area contributed by atoms with Crippen molar-refractivity contribution in [1.82, 2.24) is 29.6 Å². The van der Waals surface area contributed by atoms with Crippen LogP contribution >= 0.6 is 15.9 Å². The van der Waals surface area contributed by atoms with Gasteiger partial charge in [-0.1, -0.05) is 12.1 Å². The number of halogens is 2. The van der Waals surface area contributed by atoms with Crippen LogP contribution in [-0.4, -0.2) is 72.0 Å². The van der Waals surface area contributed by atoms with E-state index < -0.39 is 30.1 Å². The third kappa shape index (κ3) is 5.27. The zero-order valence-electron chi connectivity index (χ0n) is 21.0. The van der Waals surface area contributed by atoms with Crippen LogP contribution in [0.5, 0.6) is 0 Å². The molecule has 0 unspecified atom stereocenters. The van der Waals surface area contributed by atoms with E-state index in [9.17, 15) is 18.8 Å². The van der Waals surface area contributed by atoms with E-state index in [1.54, 1.807) is 49.6 Å². The van der Waals surface area contributed by atoms with Gasteiger partial charge in [0.2, 0.25) is 11.8 Å². The quantitative estimate of drug-likeness (QED) is 0.255. The highest BCUT2D eigenvalue weighted by atomic mass is 79.9. The maximum Gasteiger partial charge on any atom is 0.250 e. The average Bonchev–Trinajstić information content (AvgIpc) is 3.41. The van der Waals surface area contributed by atoms with Gasteiger partial charge in [-0.3, -0.25) is 19.1 Å². The Balaban J connectivity index is 1.43. The SMILES string of the molecule is CC(=O)c1nn(CC(=O)N2C[C@H](F)[C@@H](N)[C@H]2C(=O)Nc2cccc(Br)n2)c2ccc(-c3cnc(C)nc3)cc12. The van der Waals surface area contributed by atoms with Gasteiger partial charge in [0.25, 0.3) is 0 Å². The number of hydrogen-bond acceptors (Lipinski definition) is 8. The lowest BCUT2D eigenvalue weighted by Crippen LogP contribution is -2.51. The molecular formula is C26H24BrFN8O3. The number of anilines is 1. The van der Waals surface area contributed by atoms with Gasteiger partial charge in [-0.05, 0) is 52.7 Å². The molecule has 3 aromatic heterocycles. The third-order valence-corrected chi connectivity index (χ3v) is 6.97. The van der Waals surface area contributed by atoms with Gasteiger partial charge in [0.15, 0.2) is 5.78 Å². The summed E-state index contributed by atoms with van der Waals surface area (Å²) < 4.78 is 16.6. The van der Waals surface area contributed by atoms with Gasteiger partial charge in [-0.15, -0.1) is 0 Å². The molecule has 1 fully saturated rings. The highest BCUT2D eigenvalue weighted by Gasteiger charge is 2.46. The fraction of sp³-hybridized carbons (Fsp3) is 0.269. The molecule has 1 aliphatic rings. The first-order valence-corrected chi connectivity index (χ1v) is 12.8. The number of nitrogens with zero attached hydrogens (tertiary/aromatic N) is 6. The number of Topliss-reactive ketones (excluding diaryl/α,β-unsaturated/α-hetero) is 1. The third-order valence-electron chi connectivity index (χ3n) is 6.53. The van der Waals surface area contributed by atoms with Gasteiger partial charge < -0.3 is 16.0 Å². The van der Waals surface area contributed by atoms with Crippen molar-refractivity contribution >= 4 is 50.2 Å². The molecule has 5 rings (SSSR count). The number of nitrogens with two attached hydrogens (primary N) is 1. The number of carbonyl (C=O) groups is 3. The number of ketones is 1.